The molecule has 1 amide bonds. The van der Waals surface area contributed by atoms with Crippen LogP contribution < -0.4 is 5.73 Å². The largest absolute Gasteiger partial charge is 0.370 e. The van der Waals surface area contributed by atoms with Gasteiger partial charge in [0.2, 0.25) is 5.91 Å². The summed E-state index contributed by atoms with van der Waals surface area (Å²) in [6.07, 6.45) is -0.0666. The molecule has 0 radical (unpaired) electrons. The normalized spacial score (nSPS) is 19.3. The highest BCUT2D eigenvalue weighted by atomic mass is 16.5. The van der Waals surface area contributed by atoms with E-state index >= 15 is 0 Å². The number of hydrogen-bond acceptors (Lipinski definition) is 3. The van der Waals surface area contributed by atoms with Crippen molar-refractivity contribution >= 4 is 5.91 Å². The summed E-state index contributed by atoms with van der Waals surface area (Å²) in [7, 11) is 0. The van der Waals surface area contributed by atoms with E-state index in [1.54, 1.807) is 0 Å². The van der Waals surface area contributed by atoms with Crippen molar-refractivity contribution in [3.63, 3.8) is 0 Å². The number of rotatable bonds is 4. The van der Waals surface area contributed by atoms with Crippen molar-refractivity contribution in [2.75, 3.05) is 26.2 Å². The molecule has 1 saturated heterocycles. The first-order valence-corrected chi connectivity index (χ1v) is 8.00. The maximum absolute atomic E-state index is 12.9. The number of carbonyl (C=O) groups is 1. The number of carbonyl (C=O) groups excluding carboxylic acids is 1. The first-order valence-electron chi connectivity index (χ1n) is 8.00. The van der Waals surface area contributed by atoms with E-state index in [-0.39, 0.29) is 17.9 Å². The standard InChI is InChI=1S/C19H22N2O2/c20-13-17(15-7-3-1-4-8-15)19(22)21-11-12-23-18(14-21)16-9-5-2-6-10-16/h1-10,17-18H,11-14,20H2. The number of morpholine rings is 1. The third-order valence-electron chi connectivity index (χ3n) is 4.29. The van der Waals surface area contributed by atoms with E-state index in [1.165, 1.54) is 0 Å². The summed E-state index contributed by atoms with van der Waals surface area (Å²) in [6, 6.07) is 19.8. The van der Waals surface area contributed by atoms with Crippen LogP contribution in [-0.2, 0) is 9.53 Å². The Bertz CT molecular complexity index is 630. The topological polar surface area (TPSA) is 55.6 Å². The fourth-order valence-corrected chi connectivity index (χ4v) is 3.00. The highest BCUT2D eigenvalue weighted by molar-refractivity contribution is 5.84. The number of ether oxygens (including phenoxy) is 1. The number of nitrogens with zero attached hydrogens (tertiary/aromatic N) is 1. The molecule has 120 valence electrons. The third-order valence-corrected chi connectivity index (χ3v) is 4.29. The first kappa shape index (κ1) is 15.7. The van der Waals surface area contributed by atoms with Crippen LogP contribution in [0.15, 0.2) is 60.7 Å². The van der Waals surface area contributed by atoms with Crippen molar-refractivity contribution in [1.82, 2.24) is 4.90 Å². The first-order chi connectivity index (χ1) is 11.3. The molecule has 4 heteroatoms. The van der Waals surface area contributed by atoms with Crippen LogP contribution in [0, 0.1) is 0 Å². The van der Waals surface area contributed by atoms with Gasteiger partial charge >= 0.3 is 0 Å². The summed E-state index contributed by atoms with van der Waals surface area (Å²) in [5.41, 5.74) is 7.96. The summed E-state index contributed by atoms with van der Waals surface area (Å²) in [5, 5.41) is 0. The molecule has 4 nitrogen and oxygen atoms in total. The van der Waals surface area contributed by atoms with Crippen molar-refractivity contribution in [3.05, 3.63) is 71.8 Å². The molecular weight excluding hydrogens is 288 g/mol. The SMILES string of the molecule is NCC(C(=O)N1CCOC(c2ccccc2)C1)c1ccccc1. The van der Waals surface area contributed by atoms with Crippen LogP contribution in [0.2, 0.25) is 0 Å². The van der Waals surface area contributed by atoms with Gasteiger partial charge in [-0.1, -0.05) is 60.7 Å². The zero-order valence-electron chi connectivity index (χ0n) is 13.1. The van der Waals surface area contributed by atoms with Gasteiger partial charge in [0.05, 0.1) is 19.1 Å². The fraction of sp³-hybridized carbons (Fsp3) is 0.316. The molecule has 2 aromatic rings. The van der Waals surface area contributed by atoms with Crippen LogP contribution in [0.25, 0.3) is 0 Å². The smallest absolute Gasteiger partial charge is 0.231 e. The lowest BCUT2D eigenvalue weighted by atomic mass is 9.97. The number of amides is 1. The predicted octanol–water partition coefficient (Wildman–Crippen LogP) is 2.33. The average Bonchev–Trinajstić information content (AvgIpc) is 2.64. The molecule has 1 aliphatic rings. The highest BCUT2D eigenvalue weighted by Gasteiger charge is 2.30. The van der Waals surface area contributed by atoms with Gasteiger partial charge in [0.15, 0.2) is 0 Å². The van der Waals surface area contributed by atoms with Gasteiger partial charge in [-0.25, -0.2) is 0 Å². The molecule has 1 aliphatic heterocycles. The van der Waals surface area contributed by atoms with Crippen LogP contribution in [-0.4, -0.2) is 37.0 Å². The molecule has 0 saturated carbocycles. The minimum Gasteiger partial charge on any atom is -0.370 e. The van der Waals surface area contributed by atoms with Crippen LogP contribution >= 0.6 is 0 Å². The molecule has 0 spiro atoms. The summed E-state index contributed by atoms with van der Waals surface area (Å²) >= 11 is 0. The quantitative estimate of drug-likeness (QED) is 0.943. The zero-order chi connectivity index (χ0) is 16.1. The van der Waals surface area contributed by atoms with Crippen LogP contribution in [0.3, 0.4) is 0 Å². The molecule has 2 aromatic carbocycles. The van der Waals surface area contributed by atoms with Crippen LogP contribution in [0.5, 0.6) is 0 Å². The molecule has 0 aliphatic carbocycles. The molecule has 2 N–H and O–H groups in total. The molecule has 1 fully saturated rings. The minimum absolute atomic E-state index is 0.0666. The molecule has 2 atom stereocenters. The lowest BCUT2D eigenvalue weighted by Gasteiger charge is -2.35. The van der Waals surface area contributed by atoms with Gasteiger partial charge < -0.3 is 15.4 Å². The van der Waals surface area contributed by atoms with Crippen LogP contribution in [0.4, 0.5) is 0 Å². The van der Waals surface area contributed by atoms with Gasteiger partial charge in [0.25, 0.3) is 0 Å². The van der Waals surface area contributed by atoms with Gasteiger partial charge in [-0.3, -0.25) is 4.79 Å². The van der Waals surface area contributed by atoms with Gasteiger partial charge in [-0.2, -0.15) is 0 Å². The summed E-state index contributed by atoms with van der Waals surface area (Å²) in [4.78, 5) is 14.8. The second-order valence-corrected chi connectivity index (χ2v) is 5.75. The van der Waals surface area contributed by atoms with E-state index in [0.29, 0.717) is 26.2 Å². The fourth-order valence-electron chi connectivity index (χ4n) is 3.00. The maximum atomic E-state index is 12.9. The monoisotopic (exact) mass is 310 g/mol. The van der Waals surface area contributed by atoms with Crippen molar-refractivity contribution < 1.29 is 9.53 Å². The minimum atomic E-state index is -0.286. The second-order valence-electron chi connectivity index (χ2n) is 5.75. The molecule has 23 heavy (non-hydrogen) atoms. The molecule has 2 unspecified atom stereocenters. The Morgan fingerprint density at radius 1 is 1.13 bits per heavy atom. The van der Waals surface area contributed by atoms with E-state index < -0.39 is 0 Å². The van der Waals surface area contributed by atoms with Gasteiger partial charge in [-0.15, -0.1) is 0 Å². The Kier molecular flexibility index (Phi) is 5.05. The van der Waals surface area contributed by atoms with Crippen LogP contribution in [0.1, 0.15) is 23.1 Å². The van der Waals surface area contributed by atoms with Crippen molar-refractivity contribution in [3.8, 4) is 0 Å². The Hall–Kier alpha value is -2.17. The number of nitrogens with two attached hydrogens (primary N) is 1. The lowest BCUT2D eigenvalue weighted by Crippen LogP contribution is -2.45. The molecular formula is C19H22N2O2. The van der Waals surface area contributed by atoms with Gasteiger partial charge in [0.1, 0.15) is 6.10 Å². The lowest BCUT2D eigenvalue weighted by molar-refractivity contribution is -0.140. The second kappa shape index (κ2) is 7.40. The summed E-state index contributed by atoms with van der Waals surface area (Å²) in [5.74, 6) is -0.200. The van der Waals surface area contributed by atoms with E-state index in [9.17, 15) is 4.79 Å². The Morgan fingerprint density at radius 2 is 1.78 bits per heavy atom. The molecule has 0 bridgehead atoms. The van der Waals surface area contributed by atoms with E-state index in [4.69, 9.17) is 10.5 Å². The van der Waals surface area contributed by atoms with E-state index in [2.05, 4.69) is 0 Å². The Morgan fingerprint density at radius 3 is 2.43 bits per heavy atom. The van der Waals surface area contributed by atoms with Crippen molar-refractivity contribution in [2.45, 2.75) is 12.0 Å². The molecule has 3 rings (SSSR count). The third kappa shape index (κ3) is 3.60. The van der Waals surface area contributed by atoms with Gasteiger partial charge in [0, 0.05) is 13.1 Å². The van der Waals surface area contributed by atoms with Gasteiger partial charge in [-0.05, 0) is 11.1 Å². The number of hydrogen-bond donors (Lipinski definition) is 1. The zero-order valence-corrected chi connectivity index (χ0v) is 13.1. The van der Waals surface area contributed by atoms with Crippen molar-refractivity contribution in [1.29, 1.82) is 0 Å². The maximum Gasteiger partial charge on any atom is 0.231 e. The van der Waals surface area contributed by atoms with E-state index in [0.717, 1.165) is 11.1 Å². The summed E-state index contributed by atoms with van der Waals surface area (Å²) < 4.78 is 5.84. The Balaban J connectivity index is 1.74. The molecule has 0 aromatic heterocycles. The Labute approximate surface area is 136 Å². The highest BCUT2D eigenvalue weighted by Crippen LogP contribution is 2.25. The predicted molar refractivity (Wildman–Crippen MR) is 90.0 cm³/mol. The summed E-state index contributed by atoms with van der Waals surface area (Å²) in [6.45, 7) is 2.06. The molecule has 1 heterocycles. The van der Waals surface area contributed by atoms with E-state index in [1.807, 2.05) is 65.6 Å². The average molecular weight is 310 g/mol. The van der Waals surface area contributed by atoms with Crippen molar-refractivity contribution in [2.24, 2.45) is 5.73 Å². The number of benzene rings is 2.